The molecule has 0 unspecified atom stereocenters. The van der Waals surface area contributed by atoms with Gasteiger partial charge < -0.3 is 14.9 Å². The Kier molecular flexibility index (Phi) is 2.82. The Morgan fingerprint density at radius 3 is 3.06 bits per heavy atom. The van der Waals surface area contributed by atoms with Gasteiger partial charge >= 0.3 is 5.97 Å². The van der Waals surface area contributed by atoms with Crippen LogP contribution in [-0.2, 0) is 16.0 Å². The molecule has 0 amide bonds. The van der Waals surface area contributed by atoms with Crippen molar-refractivity contribution in [1.82, 2.24) is 9.38 Å². The number of methoxy groups -OCH3 is 1. The summed E-state index contributed by atoms with van der Waals surface area (Å²) in [5.41, 5.74) is 7.70. The first-order valence-electron chi connectivity index (χ1n) is 4.59. The molecule has 0 aliphatic heterocycles. The molecule has 0 spiro atoms. The lowest BCUT2D eigenvalue weighted by atomic mass is 10.3. The number of halogens is 1. The Balaban J connectivity index is 2.44. The Hall–Kier alpha value is -1.56. The molecular formula is C10H10BrN3O2. The van der Waals surface area contributed by atoms with Crippen molar-refractivity contribution in [1.29, 1.82) is 0 Å². The normalized spacial score (nSPS) is 10.6. The lowest BCUT2D eigenvalue weighted by Gasteiger charge is -1.97. The first-order valence-corrected chi connectivity index (χ1v) is 5.39. The van der Waals surface area contributed by atoms with Crippen LogP contribution in [0.25, 0.3) is 5.65 Å². The number of nitrogens with zero attached hydrogens (tertiary/aromatic N) is 2. The second kappa shape index (κ2) is 4.13. The van der Waals surface area contributed by atoms with Gasteiger partial charge in [0.05, 0.1) is 23.7 Å². The van der Waals surface area contributed by atoms with Crippen molar-refractivity contribution in [3.8, 4) is 0 Å². The van der Waals surface area contributed by atoms with Gasteiger partial charge in [0.1, 0.15) is 0 Å². The molecule has 84 valence electrons. The van der Waals surface area contributed by atoms with Gasteiger partial charge in [-0.1, -0.05) is 0 Å². The van der Waals surface area contributed by atoms with Gasteiger partial charge in [-0.3, -0.25) is 4.79 Å². The Morgan fingerprint density at radius 2 is 2.38 bits per heavy atom. The highest BCUT2D eigenvalue weighted by Crippen LogP contribution is 2.20. The standard InChI is InChI=1S/C10H10BrN3O2/c1-16-9(15)3-7-5-14-4-6(12)2-8(11)10(14)13-7/h2,4-5H,3,12H2,1H3. The second-order valence-electron chi connectivity index (χ2n) is 3.34. The van der Waals surface area contributed by atoms with E-state index in [1.807, 2.05) is 0 Å². The van der Waals surface area contributed by atoms with Crippen LogP contribution in [0, 0.1) is 0 Å². The highest BCUT2D eigenvalue weighted by molar-refractivity contribution is 9.10. The van der Waals surface area contributed by atoms with Crippen molar-refractivity contribution in [3.63, 3.8) is 0 Å². The van der Waals surface area contributed by atoms with Crippen LogP contribution in [-0.4, -0.2) is 22.5 Å². The summed E-state index contributed by atoms with van der Waals surface area (Å²) < 4.78 is 7.15. The van der Waals surface area contributed by atoms with Crippen molar-refractivity contribution < 1.29 is 9.53 Å². The zero-order valence-corrected chi connectivity index (χ0v) is 10.2. The predicted octanol–water partition coefficient (Wildman–Crippen LogP) is 1.39. The molecule has 0 atom stereocenters. The van der Waals surface area contributed by atoms with E-state index in [4.69, 9.17) is 5.73 Å². The van der Waals surface area contributed by atoms with E-state index in [1.165, 1.54) is 7.11 Å². The molecule has 16 heavy (non-hydrogen) atoms. The van der Waals surface area contributed by atoms with Crippen LogP contribution in [0.4, 0.5) is 5.69 Å². The molecule has 0 fully saturated rings. The zero-order valence-electron chi connectivity index (χ0n) is 8.61. The molecule has 0 saturated heterocycles. The van der Waals surface area contributed by atoms with Crippen LogP contribution in [0.2, 0.25) is 0 Å². The number of fused-ring (bicyclic) bond motifs is 1. The number of ether oxygens (including phenoxy) is 1. The number of hydrogen-bond acceptors (Lipinski definition) is 4. The van der Waals surface area contributed by atoms with E-state index in [1.54, 1.807) is 22.9 Å². The van der Waals surface area contributed by atoms with Crippen LogP contribution < -0.4 is 5.73 Å². The average Bonchev–Trinajstić information content (AvgIpc) is 2.60. The fourth-order valence-electron chi connectivity index (χ4n) is 1.43. The number of pyridine rings is 1. The van der Waals surface area contributed by atoms with Gasteiger partial charge in [0.2, 0.25) is 0 Å². The number of aromatic nitrogens is 2. The summed E-state index contributed by atoms with van der Waals surface area (Å²) in [6.45, 7) is 0. The summed E-state index contributed by atoms with van der Waals surface area (Å²) in [4.78, 5) is 15.4. The van der Waals surface area contributed by atoms with Gasteiger partial charge in [-0.15, -0.1) is 0 Å². The van der Waals surface area contributed by atoms with Crippen molar-refractivity contribution in [2.75, 3.05) is 12.8 Å². The first kappa shape index (κ1) is 10.9. The van der Waals surface area contributed by atoms with Crippen molar-refractivity contribution in [3.05, 3.63) is 28.6 Å². The third-order valence-electron chi connectivity index (χ3n) is 2.13. The first-order chi connectivity index (χ1) is 7.60. The van der Waals surface area contributed by atoms with Gasteiger partial charge in [0.25, 0.3) is 0 Å². The molecule has 0 aliphatic carbocycles. The SMILES string of the molecule is COC(=O)Cc1cn2cc(N)cc(Br)c2n1. The van der Waals surface area contributed by atoms with Crippen LogP contribution in [0.5, 0.6) is 0 Å². The maximum Gasteiger partial charge on any atom is 0.311 e. The maximum absolute atomic E-state index is 11.1. The van der Waals surface area contributed by atoms with Crippen LogP contribution >= 0.6 is 15.9 Å². The Labute approximate surface area is 100 Å². The van der Waals surface area contributed by atoms with Gasteiger partial charge in [-0.05, 0) is 22.0 Å². The number of carbonyl (C=O) groups excluding carboxylic acids is 1. The number of anilines is 1. The summed E-state index contributed by atoms with van der Waals surface area (Å²) in [5, 5.41) is 0. The smallest absolute Gasteiger partial charge is 0.311 e. The van der Waals surface area contributed by atoms with Gasteiger partial charge in [0.15, 0.2) is 5.65 Å². The molecule has 2 aromatic heterocycles. The van der Waals surface area contributed by atoms with E-state index in [9.17, 15) is 4.79 Å². The summed E-state index contributed by atoms with van der Waals surface area (Å²) in [6, 6.07) is 1.77. The minimum atomic E-state index is -0.312. The maximum atomic E-state index is 11.1. The largest absolute Gasteiger partial charge is 0.469 e. The van der Waals surface area contributed by atoms with E-state index in [-0.39, 0.29) is 12.4 Å². The summed E-state index contributed by atoms with van der Waals surface area (Å²) in [7, 11) is 1.35. The van der Waals surface area contributed by atoms with E-state index in [0.717, 1.165) is 10.1 Å². The van der Waals surface area contributed by atoms with Crippen LogP contribution in [0.15, 0.2) is 22.9 Å². The third kappa shape index (κ3) is 2.01. The lowest BCUT2D eigenvalue weighted by molar-refractivity contribution is -0.139. The highest BCUT2D eigenvalue weighted by atomic mass is 79.9. The molecule has 2 rings (SSSR count). The van der Waals surface area contributed by atoms with Gasteiger partial charge in [0, 0.05) is 18.1 Å². The second-order valence-corrected chi connectivity index (χ2v) is 4.19. The minimum absolute atomic E-state index is 0.157. The number of imidazole rings is 1. The fourth-order valence-corrected chi connectivity index (χ4v) is 1.99. The third-order valence-corrected chi connectivity index (χ3v) is 2.71. The monoisotopic (exact) mass is 283 g/mol. The number of rotatable bonds is 2. The number of esters is 1. The molecule has 0 radical (unpaired) electrons. The molecule has 2 aromatic rings. The Morgan fingerprint density at radius 1 is 1.62 bits per heavy atom. The van der Waals surface area contributed by atoms with Crippen LogP contribution in [0.3, 0.4) is 0 Å². The Bertz CT molecular complexity index is 550. The van der Waals surface area contributed by atoms with Crippen molar-refractivity contribution in [2.45, 2.75) is 6.42 Å². The van der Waals surface area contributed by atoms with E-state index < -0.39 is 0 Å². The number of carbonyl (C=O) groups is 1. The molecular weight excluding hydrogens is 274 g/mol. The average molecular weight is 284 g/mol. The van der Waals surface area contributed by atoms with E-state index in [2.05, 4.69) is 25.7 Å². The topological polar surface area (TPSA) is 69.6 Å². The molecule has 2 N–H and O–H groups in total. The molecule has 0 aromatic carbocycles. The zero-order chi connectivity index (χ0) is 11.7. The van der Waals surface area contributed by atoms with Crippen LogP contribution in [0.1, 0.15) is 5.69 Å². The molecule has 0 bridgehead atoms. The van der Waals surface area contributed by atoms with Gasteiger partial charge in [-0.25, -0.2) is 4.98 Å². The number of nitrogens with two attached hydrogens (primary N) is 1. The quantitative estimate of drug-likeness (QED) is 0.846. The van der Waals surface area contributed by atoms with E-state index >= 15 is 0 Å². The highest BCUT2D eigenvalue weighted by Gasteiger charge is 2.09. The van der Waals surface area contributed by atoms with E-state index in [0.29, 0.717) is 11.4 Å². The van der Waals surface area contributed by atoms with Crippen molar-refractivity contribution >= 4 is 33.2 Å². The molecule has 5 nitrogen and oxygen atoms in total. The molecule has 0 aliphatic rings. The summed E-state index contributed by atoms with van der Waals surface area (Å²) in [6.07, 6.45) is 3.66. The van der Waals surface area contributed by atoms with Gasteiger partial charge in [-0.2, -0.15) is 0 Å². The molecule has 0 saturated carbocycles. The minimum Gasteiger partial charge on any atom is -0.469 e. The lowest BCUT2D eigenvalue weighted by Crippen LogP contribution is -2.04. The number of hydrogen-bond donors (Lipinski definition) is 1. The molecule has 6 heteroatoms. The summed E-state index contributed by atoms with van der Waals surface area (Å²) >= 11 is 3.36. The fraction of sp³-hybridized carbons (Fsp3) is 0.200. The molecule has 2 heterocycles. The summed E-state index contributed by atoms with van der Waals surface area (Å²) in [5.74, 6) is -0.312. The van der Waals surface area contributed by atoms with Crippen molar-refractivity contribution in [2.24, 2.45) is 0 Å². The number of nitrogen functional groups attached to an aromatic ring is 1. The predicted molar refractivity (Wildman–Crippen MR) is 63.0 cm³/mol.